The van der Waals surface area contributed by atoms with E-state index in [4.69, 9.17) is 23.2 Å². The van der Waals surface area contributed by atoms with Crippen LogP contribution < -0.4 is 0 Å². The molecule has 0 radical (unpaired) electrons. The maximum absolute atomic E-state index is 6.00. The largest absolute Gasteiger partial charge is 0.265 e. The SMILES string of the molecule is Cl.Clc1ccc(C(c2ccncc2)c2ccc(Cl)cc2)cc1. The van der Waals surface area contributed by atoms with Crippen LogP contribution in [-0.2, 0) is 0 Å². The minimum absolute atomic E-state index is 0. The molecule has 0 aliphatic rings. The molecule has 0 unspecified atom stereocenters. The number of pyridine rings is 1. The third-order valence-electron chi connectivity index (χ3n) is 3.45. The normalized spacial score (nSPS) is 10.3. The molecular formula is C18H14Cl3N. The summed E-state index contributed by atoms with van der Waals surface area (Å²) in [7, 11) is 0. The van der Waals surface area contributed by atoms with Crippen molar-refractivity contribution in [3.05, 3.63) is 99.8 Å². The van der Waals surface area contributed by atoms with Gasteiger partial charge in [0.15, 0.2) is 0 Å². The summed E-state index contributed by atoms with van der Waals surface area (Å²) in [5.41, 5.74) is 3.57. The molecule has 2 aromatic carbocycles. The lowest BCUT2D eigenvalue weighted by Gasteiger charge is -2.18. The van der Waals surface area contributed by atoms with E-state index in [1.807, 2.05) is 48.8 Å². The Hall–Kier alpha value is -1.54. The third kappa shape index (κ3) is 3.80. The molecule has 0 aliphatic carbocycles. The van der Waals surface area contributed by atoms with Crippen LogP contribution in [0.1, 0.15) is 22.6 Å². The summed E-state index contributed by atoms with van der Waals surface area (Å²) in [4.78, 5) is 4.10. The highest BCUT2D eigenvalue weighted by Crippen LogP contribution is 2.32. The highest BCUT2D eigenvalue weighted by atomic mass is 35.5. The Bertz CT molecular complexity index is 664. The lowest BCUT2D eigenvalue weighted by atomic mass is 9.86. The van der Waals surface area contributed by atoms with Crippen LogP contribution >= 0.6 is 35.6 Å². The van der Waals surface area contributed by atoms with Crippen LogP contribution in [0.2, 0.25) is 10.0 Å². The van der Waals surface area contributed by atoms with Crippen molar-refractivity contribution in [3.63, 3.8) is 0 Å². The van der Waals surface area contributed by atoms with Crippen molar-refractivity contribution >= 4 is 35.6 Å². The van der Waals surface area contributed by atoms with Crippen molar-refractivity contribution in [2.45, 2.75) is 5.92 Å². The fourth-order valence-electron chi connectivity index (χ4n) is 2.44. The van der Waals surface area contributed by atoms with Crippen LogP contribution in [0.4, 0.5) is 0 Å². The van der Waals surface area contributed by atoms with Gasteiger partial charge in [0.1, 0.15) is 0 Å². The molecule has 0 amide bonds. The first kappa shape index (κ1) is 16.8. The molecule has 22 heavy (non-hydrogen) atoms. The van der Waals surface area contributed by atoms with Crippen molar-refractivity contribution in [1.82, 2.24) is 4.98 Å². The van der Waals surface area contributed by atoms with Gasteiger partial charge in [-0.2, -0.15) is 0 Å². The molecule has 0 atom stereocenters. The summed E-state index contributed by atoms with van der Waals surface area (Å²) in [6.07, 6.45) is 3.63. The maximum atomic E-state index is 6.00. The van der Waals surface area contributed by atoms with Crippen LogP contribution in [0.5, 0.6) is 0 Å². The summed E-state index contributed by atoms with van der Waals surface area (Å²) < 4.78 is 0. The van der Waals surface area contributed by atoms with E-state index in [1.165, 1.54) is 16.7 Å². The van der Waals surface area contributed by atoms with E-state index in [1.54, 1.807) is 0 Å². The van der Waals surface area contributed by atoms with E-state index in [-0.39, 0.29) is 18.3 Å². The van der Waals surface area contributed by atoms with Crippen molar-refractivity contribution in [2.75, 3.05) is 0 Å². The summed E-state index contributed by atoms with van der Waals surface area (Å²) in [6.45, 7) is 0. The molecule has 1 nitrogen and oxygen atoms in total. The fourth-order valence-corrected chi connectivity index (χ4v) is 2.70. The third-order valence-corrected chi connectivity index (χ3v) is 3.95. The number of rotatable bonds is 3. The summed E-state index contributed by atoms with van der Waals surface area (Å²) in [6, 6.07) is 20.0. The van der Waals surface area contributed by atoms with Crippen molar-refractivity contribution < 1.29 is 0 Å². The summed E-state index contributed by atoms with van der Waals surface area (Å²) in [5.74, 6) is 0.141. The van der Waals surface area contributed by atoms with Gasteiger partial charge in [-0.15, -0.1) is 12.4 Å². The molecule has 4 heteroatoms. The molecule has 112 valence electrons. The van der Waals surface area contributed by atoms with Gasteiger partial charge in [0.25, 0.3) is 0 Å². The quantitative estimate of drug-likeness (QED) is 0.565. The molecule has 1 aromatic heterocycles. The van der Waals surface area contributed by atoms with Gasteiger partial charge in [-0.05, 0) is 53.1 Å². The molecule has 3 rings (SSSR count). The standard InChI is InChI=1S/C18H13Cl2N.ClH/c19-16-5-1-13(2-6-16)18(15-9-11-21-12-10-15)14-3-7-17(20)8-4-14;/h1-12,18H;1H. The first-order chi connectivity index (χ1) is 10.2. The molecule has 0 saturated carbocycles. The van der Waals surface area contributed by atoms with E-state index >= 15 is 0 Å². The Balaban J connectivity index is 0.00000176. The number of hydrogen-bond donors (Lipinski definition) is 0. The first-order valence-electron chi connectivity index (χ1n) is 6.65. The molecule has 0 saturated heterocycles. The van der Waals surface area contributed by atoms with Crippen LogP contribution in [-0.4, -0.2) is 4.98 Å². The molecule has 1 heterocycles. The van der Waals surface area contributed by atoms with Crippen LogP contribution in [0.25, 0.3) is 0 Å². The highest BCUT2D eigenvalue weighted by Gasteiger charge is 2.16. The highest BCUT2D eigenvalue weighted by molar-refractivity contribution is 6.30. The van der Waals surface area contributed by atoms with E-state index < -0.39 is 0 Å². The Morgan fingerprint density at radius 2 is 0.955 bits per heavy atom. The van der Waals surface area contributed by atoms with Gasteiger partial charge in [-0.25, -0.2) is 0 Å². The molecule has 0 aliphatic heterocycles. The minimum Gasteiger partial charge on any atom is -0.265 e. The molecular weight excluding hydrogens is 337 g/mol. The number of benzene rings is 2. The maximum Gasteiger partial charge on any atom is 0.0406 e. The van der Waals surface area contributed by atoms with E-state index in [9.17, 15) is 0 Å². The molecule has 0 fully saturated rings. The Morgan fingerprint density at radius 1 is 0.591 bits per heavy atom. The first-order valence-corrected chi connectivity index (χ1v) is 7.40. The van der Waals surface area contributed by atoms with Crippen molar-refractivity contribution in [1.29, 1.82) is 0 Å². The second kappa shape index (κ2) is 7.64. The average Bonchev–Trinajstić information content (AvgIpc) is 2.52. The van der Waals surface area contributed by atoms with Gasteiger partial charge in [0, 0.05) is 28.4 Å². The summed E-state index contributed by atoms with van der Waals surface area (Å²) in [5, 5.41) is 1.48. The van der Waals surface area contributed by atoms with Crippen molar-refractivity contribution in [2.24, 2.45) is 0 Å². The lowest BCUT2D eigenvalue weighted by molar-refractivity contribution is 0.971. The lowest BCUT2D eigenvalue weighted by Crippen LogP contribution is -2.03. The zero-order valence-electron chi connectivity index (χ0n) is 11.6. The van der Waals surface area contributed by atoms with Gasteiger partial charge >= 0.3 is 0 Å². The second-order valence-corrected chi connectivity index (χ2v) is 5.69. The van der Waals surface area contributed by atoms with Crippen LogP contribution in [0.3, 0.4) is 0 Å². The van der Waals surface area contributed by atoms with Crippen LogP contribution in [0, 0.1) is 0 Å². The zero-order valence-corrected chi connectivity index (χ0v) is 13.9. The Morgan fingerprint density at radius 3 is 1.36 bits per heavy atom. The number of hydrogen-bond acceptors (Lipinski definition) is 1. The fraction of sp³-hybridized carbons (Fsp3) is 0.0556. The average molecular weight is 351 g/mol. The van der Waals surface area contributed by atoms with Crippen molar-refractivity contribution in [3.8, 4) is 0 Å². The van der Waals surface area contributed by atoms with Gasteiger partial charge in [-0.1, -0.05) is 47.5 Å². The molecule has 0 spiro atoms. The number of halogens is 3. The Labute approximate surface area is 146 Å². The van der Waals surface area contributed by atoms with Gasteiger partial charge in [0.05, 0.1) is 0 Å². The molecule has 0 N–H and O–H groups in total. The van der Waals surface area contributed by atoms with Gasteiger partial charge in [0.2, 0.25) is 0 Å². The zero-order chi connectivity index (χ0) is 14.7. The molecule has 3 aromatic rings. The second-order valence-electron chi connectivity index (χ2n) is 4.82. The predicted molar refractivity (Wildman–Crippen MR) is 95.3 cm³/mol. The predicted octanol–water partition coefficient (Wildman–Crippen LogP) is 5.99. The smallest absolute Gasteiger partial charge is 0.0406 e. The van der Waals surface area contributed by atoms with Crippen LogP contribution in [0.15, 0.2) is 73.1 Å². The summed E-state index contributed by atoms with van der Waals surface area (Å²) >= 11 is 12.0. The Kier molecular flexibility index (Phi) is 5.84. The van der Waals surface area contributed by atoms with E-state index in [2.05, 4.69) is 29.2 Å². The van der Waals surface area contributed by atoms with Gasteiger partial charge in [-0.3, -0.25) is 4.98 Å². The van der Waals surface area contributed by atoms with E-state index in [0.29, 0.717) is 0 Å². The van der Waals surface area contributed by atoms with Gasteiger partial charge < -0.3 is 0 Å². The number of aromatic nitrogens is 1. The number of nitrogens with zero attached hydrogens (tertiary/aromatic N) is 1. The monoisotopic (exact) mass is 349 g/mol. The minimum atomic E-state index is 0. The van der Waals surface area contributed by atoms with E-state index in [0.717, 1.165) is 10.0 Å². The molecule has 0 bridgehead atoms. The topological polar surface area (TPSA) is 12.9 Å².